The van der Waals surface area contributed by atoms with Crippen LogP contribution in [0.25, 0.3) is 0 Å². The molecule has 1 heterocycles. The van der Waals surface area contributed by atoms with Gasteiger partial charge in [-0.1, -0.05) is 10.7 Å². The van der Waals surface area contributed by atoms with Gasteiger partial charge in [-0.15, -0.1) is 0 Å². The second-order valence-electron chi connectivity index (χ2n) is 3.76. The quantitative estimate of drug-likeness (QED) is 0.296. The van der Waals surface area contributed by atoms with Gasteiger partial charge in [-0.05, 0) is 6.92 Å². The molecule has 0 saturated heterocycles. The highest BCUT2D eigenvalue weighted by molar-refractivity contribution is 5.96. The number of rotatable bonds is 9. The van der Waals surface area contributed by atoms with Crippen molar-refractivity contribution in [2.75, 3.05) is 31.8 Å². The van der Waals surface area contributed by atoms with Crippen LogP contribution in [-0.2, 0) is 19.1 Å². The molecule has 1 aromatic rings. The minimum Gasteiger partial charge on any atom is -0.466 e. The Hall–Kier alpha value is -1.95. The molecule has 0 bridgehead atoms. The van der Waals surface area contributed by atoms with E-state index in [-0.39, 0.29) is 25.4 Å². The van der Waals surface area contributed by atoms with E-state index in [0.717, 1.165) is 0 Å². The fraction of sp³-hybridized carbons (Fsp3) is 0.462. The van der Waals surface area contributed by atoms with Crippen LogP contribution in [0.4, 0.5) is 0 Å². The maximum absolute atomic E-state index is 11.3. The topological polar surface area (TPSA) is 68.5 Å². The number of aromatic nitrogens is 1. The van der Waals surface area contributed by atoms with E-state index in [9.17, 15) is 9.59 Å². The van der Waals surface area contributed by atoms with E-state index >= 15 is 0 Å². The average Bonchev–Trinajstić information content (AvgIpc) is 2.39. The molecular formula is C13H19N2O4+. The zero-order valence-electron chi connectivity index (χ0n) is 11.0. The predicted octanol–water partition coefficient (Wildman–Crippen LogP) is 0.0565. The molecule has 6 nitrogen and oxygen atoms in total. The minimum atomic E-state index is -0.505. The number of hydrogen-bond donors (Lipinski definition) is 1. The summed E-state index contributed by atoms with van der Waals surface area (Å²) in [5.74, 6) is -0.778. The molecule has 0 aromatic carbocycles. The summed E-state index contributed by atoms with van der Waals surface area (Å²) in [6.07, 6.45) is 3.51. The number of ketones is 1. The zero-order valence-corrected chi connectivity index (χ0v) is 11.0. The van der Waals surface area contributed by atoms with Crippen molar-refractivity contribution in [1.82, 2.24) is 0 Å². The largest absolute Gasteiger partial charge is 0.466 e. The van der Waals surface area contributed by atoms with Crippen molar-refractivity contribution >= 4 is 11.8 Å². The van der Waals surface area contributed by atoms with Gasteiger partial charge in [0, 0.05) is 12.1 Å². The highest BCUT2D eigenvalue weighted by atomic mass is 16.5. The number of pyridine rings is 1. The Morgan fingerprint density at radius 2 is 1.95 bits per heavy atom. The van der Waals surface area contributed by atoms with Crippen molar-refractivity contribution in [2.45, 2.75) is 13.3 Å². The molecule has 1 rings (SSSR count). The Bertz CT molecular complexity index is 395. The normalized spacial score (nSPS) is 9.95. The third-order valence-electron chi connectivity index (χ3n) is 2.17. The Morgan fingerprint density at radius 3 is 2.63 bits per heavy atom. The minimum absolute atomic E-state index is 0.0695. The lowest BCUT2D eigenvalue weighted by Crippen LogP contribution is -2.45. The third kappa shape index (κ3) is 7.15. The second kappa shape index (κ2) is 9.04. The molecule has 1 N–H and O–H groups in total. The molecular weight excluding hydrogens is 248 g/mol. The van der Waals surface area contributed by atoms with Crippen LogP contribution in [0.1, 0.15) is 13.3 Å². The lowest BCUT2D eigenvalue weighted by Gasteiger charge is -2.03. The highest BCUT2D eigenvalue weighted by Crippen LogP contribution is 1.89. The summed E-state index contributed by atoms with van der Waals surface area (Å²) in [5.41, 5.74) is 3.07. The van der Waals surface area contributed by atoms with Crippen LogP contribution < -0.4 is 10.1 Å². The van der Waals surface area contributed by atoms with E-state index in [1.165, 1.54) is 0 Å². The second-order valence-corrected chi connectivity index (χ2v) is 3.76. The Morgan fingerprint density at radius 1 is 1.21 bits per heavy atom. The molecule has 0 saturated carbocycles. The Kier molecular flexibility index (Phi) is 7.19. The summed E-state index contributed by atoms with van der Waals surface area (Å²) < 4.78 is 11.6. The molecule has 0 unspecified atom stereocenters. The van der Waals surface area contributed by atoms with Crippen molar-refractivity contribution in [2.24, 2.45) is 0 Å². The van der Waals surface area contributed by atoms with Gasteiger partial charge in [-0.3, -0.25) is 9.59 Å². The first kappa shape index (κ1) is 15.1. The molecule has 19 heavy (non-hydrogen) atoms. The number of nitrogens with zero attached hydrogens (tertiary/aromatic N) is 1. The fourth-order valence-electron chi connectivity index (χ4n) is 1.36. The molecule has 104 valence electrons. The molecule has 0 atom stereocenters. The summed E-state index contributed by atoms with van der Waals surface area (Å²) in [4.78, 5) is 22.3. The summed E-state index contributed by atoms with van der Waals surface area (Å²) in [6, 6.07) is 5.72. The van der Waals surface area contributed by atoms with Gasteiger partial charge in [-0.25, -0.2) is 0 Å². The first-order chi connectivity index (χ1) is 9.22. The van der Waals surface area contributed by atoms with Crippen LogP contribution in [0.2, 0.25) is 0 Å². The number of carbonyl (C=O) groups is 2. The van der Waals surface area contributed by atoms with Crippen LogP contribution in [0.15, 0.2) is 30.6 Å². The number of carbonyl (C=O) groups excluding carboxylic acids is 2. The lowest BCUT2D eigenvalue weighted by atomic mass is 10.3. The maximum atomic E-state index is 11.3. The number of nitrogens with one attached hydrogen (secondary N) is 1. The summed E-state index contributed by atoms with van der Waals surface area (Å²) in [7, 11) is 0. The monoisotopic (exact) mass is 267 g/mol. The molecule has 0 amide bonds. The molecule has 0 aliphatic heterocycles. The van der Waals surface area contributed by atoms with E-state index in [1.807, 2.05) is 30.6 Å². The van der Waals surface area contributed by atoms with Gasteiger partial charge in [0.2, 0.25) is 0 Å². The average molecular weight is 267 g/mol. The number of esters is 1. The van der Waals surface area contributed by atoms with Crippen molar-refractivity contribution in [3.63, 3.8) is 0 Å². The maximum Gasteiger partial charge on any atom is 0.313 e. The van der Waals surface area contributed by atoms with Crippen molar-refractivity contribution in [1.29, 1.82) is 0 Å². The molecule has 0 aliphatic carbocycles. The first-order valence-corrected chi connectivity index (χ1v) is 6.17. The molecule has 0 aliphatic rings. The van der Waals surface area contributed by atoms with Gasteiger partial charge in [-0.2, -0.15) is 5.43 Å². The third-order valence-corrected chi connectivity index (χ3v) is 2.17. The van der Waals surface area contributed by atoms with Crippen molar-refractivity contribution < 1.29 is 23.7 Å². The van der Waals surface area contributed by atoms with E-state index in [1.54, 1.807) is 11.6 Å². The Labute approximate surface area is 112 Å². The van der Waals surface area contributed by atoms with Gasteiger partial charge in [0.1, 0.15) is 13.0 Å². The van der Waals surface area contributed by atoms with E-state index in [4.69, 9.17) is 4.74 Å². The Balaban J connectivity index is 2.04. The number of Topliss-reactive ketones (excluding diaryl/α,β-unsaturated/α-hetero) is 1. The standard InChI is InChI=1S/C13H19N2O4/c1-2-19-13(17)10-12(16)11-18-9-6-14-15-7-4-3-5-8-15/h3-5,7-8,14H,2,6,9-11H2,1H3/q+1. The van der Waals surface area contributed by atoms with Gasteiger partial charge in [0.15, 0.2) is 18.2 Å². The van der Waals surface area contributed by atoms with Gasteiger partial charge in [0.25, 0.3) is 0 Å². The SMILES string of the molecule is CCOC(=O)CC(=O)COCCN[n+]1ccccc1. The van der Waals surface area contributed by atoms with E-state index in [0.29, 0.717) is 13.2 Å². The summed E-state index contributed by atoms with van der Waals surface area (Å²) >= 11 is 0. The number of ether oxygens (including phenoxy) is 2. The first-order valence-electron chi connectivity index (χ1n) is 6.17. The van der Waals surface area contributed by atoms with Crippen LogP contribution in [0, 0.1) is 0 Å². The lowest BCUT2D eigenvalue weighted by molar-refractivity contribution is -0.650. The van der Waals surface area contributed by atoms with Crippen LogP contribution >= 0.6 is 0 Å². The van der Waals surface area contributed by atoms with Crippen molar-refractivity contribution in [3.05, 3.63) is 30.6 Å². The summed E-state index contributed by atoms with van der Waals surface area (Å²) in [6.45, 7) is 2.87. The molecule has 0 fully saturated rings. The van der Waals surface area contributed by atoms with E-state index in [2.05, 4.69) is 10.2 Å². The van der Waals surface area contributed by atoms with Crippen molar-refractivity contribution in [3.8, 4) is 0 Å². The molecule has 0 radical (unpaired) electrons. The number of hydrogen-bond acceptors (Lipinski definition) is 5. The predicted molar refractivity (Wildman–Crippen MR) is 67.9 cm³/mol. The zero-order chi connectivity index (χ0) is 13.9. The molecule has 0 spiro atoms. The van der Waals surface area contributed by atoms with Crippen LogP contribution in [0.3, 0.4) is 0 Å². The van der Waals surface area contributed by atoms with Gasteiger partial charge < -0.3 is 9.47 Å². The highest BCUT2D eigenvalue weighted by Gasteiger charge is 2.10. The summed E-state index contributed by atoms with van der Waals surface area (Å²) in [5, 5.41) is 0. The van der Waals surface area contributed by atoms with Crippen LogP contribution in [-0.4, -0.2) is 38.1 Å². The fourth-order valence-corrected chi connectivity index (χ4v) is 1.36. The smallest absolute Gasteiger partial charge is 0.313 e. The molecule has 6 heteroatoms. The van der Waals surface area contributed by atoms with E-state index < -0.39 is 5.97 Å². The van der Waals surface area contributed by atoms with Crippen LogP contribution in [0.5, 0.6) is 0 Å². The molecule has 1 aromatic heterocycles. The van der Waals surface area contributed by atoms with Gasteiger partial charge in [0.05, 0.1) is 19.8 Å². The van der Waals surface area contributed by atoms with Gasteiger partial charge >= 0.3 is 5.97 Å².